The second-order valence-electron chi connectivity index (χ2n) is 6.33. The van der Waals surface area contributed by atoms with Crippen LogP contribution >= 0.6 is 11.8 Å². The minimum absolute atomic E-state index is 0.101. The molecule has 154 valence electrons. The number of hydrogen-bond donors (Lipinski definition) is 1. The maximum atomic E-state index is 12.3. The van der Waals surface area contributed by atoms with Gasteiger partial charge < -0.3 is 10.1 Å². The fraction of sp³-hybridized carbons (Fsp3) is 0.0909. The zero-order valence-corrected chi connectivity index (χ0v) is 17.7. The van der Waals surface area contributed by atoms with Crippen LogP contribution in [0, 0.1) is 0 Å². The second-order valence-corrected chi connectivity index (χ2v) is 9.46. The molecule has 30 heavy (non-hydrogen) atoms. The topological polar surface area (TPSA) is 89.5 Å². The second kappa shape index (κ2) is 9.60. The van der Waals surface area contributed by atoms with Crippen LogP contribution in [-0.2, 0) is 19.4 Å². The molecule has 0 saturated carbocycles. The third kappa shape index (κ3) is 5.95. The van der Waals surface area contributed by atoms with E-state index in [0.717, 1.165) is 16.0 Å². The van der Waals surface area contributed by atoms with E-state index in [1.165, 1.54) is 36.0 Å². The molecule has 6 nitrogen and oxygen atoms in total. The first-order chi connectivity index (χ1) is 14.3. The molecule has 3 aromatic rings. The van der Waals surface area contributed by atoms with Gasteiger partial charge in [0.15, 0.2) is 16.4 Å². The molecule has 0 atom stereocenters. The van der Waals surface area contributed by atoms with Crippen molar-refractivity contribution in [2.45, 2.75) is 14.7 Å². The number of hydrogen-bond acceptors (Lipinski definition) is 6. The Kier molecular flexibility index (Phi) is 6.91. The Morgan fingerprint density at radius 3 is 2.20 bits per heavy atom. The average Bonchev–Trinajstić information content (AvgIpc) is 2.74. The van der Waals surface area contributed by atoms with Gasteiger partial charge in [0.1, 0.15) is 0 Å². The number of ether oxygens (including phenoxy) is 1. The smallest absolute Gasteiger partial charge is 0.338 e. The highest BCUT2D eigenvalue weighted by Gasteiger charge is 2.14. The Balaban J connectivity index is 1.59. The van der Waals surface area contributed by atoms with Gasteiger partial charge in [0.25, 0.3) is 5.91 Å². The maximum absolute atomic E-state index is 12.3. The molecule has 0 aliphatic rings. The third-order valence-corrected chi connectivity index (χ3v) is 6.20. The number of benzene rings is 3. The van der Waals surface area contributed by atoms with Crippen LogP contribution in [0.4, 0.5) is 5.69 Å². The van der Waals surface area contributed by atoms with E-state index < -0.39 is 28.3 Å². The van der Waals surface area contributed by atoms with Crippen molar-refractivity contribution in [1.82, 2.24) is 0 Å². The number of esters is 1. The summed E-state index contributed by atoms with van der Waals surface area (Å²) in [5, 5.41) is 2.75. The molecule has 0 radical (unpaired) electrons. The van der Waals surface area contributed by atoms with Crippen molar-refractivity contribution in [3.05, 3.63) is 84.4 Å². The van der Waals surface area contributed by atoms with Gasteiger partial charge in [-0.15, -0.1) is 0 Å². The summed E-state index contributed by atoms with van der Waals surface area (Å²) in [6.07, 6.45) is 1.08. The normalized spacial score (nSPS) is 11.0. The minimum Gasteiger partial charge on any atom is -0.452 e. The molecule has 0 aliphatic heterocycles. The van der Waals surface area contributed by atoms with Crippen molar-refractivity contribution < 1.29 is 22.7 Å². The number of sulfone groups is 1. The third-order valence-electron chi connectivity index (χ3n) is 3.98. The first-order valence-corrected chi connectivity index (χ1v) is 11.6. The summed E-state index contributed by atoms with van der Waals surface area (Å²) < 4.78 is 28.0. The van der Waals surface area contributed by atoms with Crippen LogP contribution in [-0.4, -0.2) is 33.2 Å². The zero-order valence-electron chi connectivity index (χ0n) is 16.1. The lowest BCUT2D eigenvalue weighted by molar-refractivity contribution is -0.119. The Labute approximate surface area is 179 Å². The van der Waals surface area contributed by atoms with Crippen LogP contribution in [0.2, 0.25) is 0 Å². The van der Waals surface area contributed by atoms with Crippen LogP contribution < -0.4 is 5.32 Å². The Morgan fingerprint density at radius 1 is 0.900 bits per heavy atom. The van der Waals surface area contributed by atoms with E-state index in [2.05, 4.69) is 5.32 Å². The number of nitrogens with one attached hydrogen (secondary N) is 1. The van der Waals surface area contributed by atoms with E-state index in [4.69, 9.17) is 4.74 Å². The lowest BCUT2D eigenvalue weighted by Gasteiger charge is -2.11. The lowest BCUT2D eigenvalue weighted by Crippen LogP contribution is -2.21. The standard InChI is InChI=1S/C22H19NO5S2/c1-30(26,27)18-13-11-16(12-14-18)22(25)28-15-21(24)23-19-9-5-6-10-20(19)29-17-7-3-2-4-8-17/h2-14H,15H2,1H3,(H,23,24). The summed E-state index contributed by atoms with van der Waals surface area (Å²) in [5.41, 5.74) is 0.778. The van der Waals surface area contributed by atoms with Crippen LogP contribution in [0.15, 0.2) is 93.5 Å². The number of para-hydroxylation sites is 1. The summed E-state index contributed by atoms with van der Waals surface area (Å²) in [6.45, 7) is -0.461. The van der Waals surface area contributed by atoms with Crippen molar-refractivity contribution >= 4 is 39.2 Å². The highest BCUT2D eigenvalue weighted by Crippen LogP contribution is 2.33. The van der Waals surface area contributed by atoms with Gasteiger partial charge in [-0.3, -0.25) is 4.79 Å². The van der Waals surface area contributed by atoms with Crippen LogP contribution in [0.25, 0.3) is 0 Å². The molecule has 8 heteroatoms. The molecule has 0 aromatic heterocycles. The van der Waals surface area contributed by atoms with Crippen LogP contribution in [0.5, 0.6) is 0 Å². The predicted octanol–water partition coefficient (Wildman–Crippen LogP) is 4.04. The maximum Gasteiger partial charge on any atom is 0.338 e. The molecule has 0 bridgehead atoms. The van der Waals surface area contributed by atoms with Crippen molar-refractivity contribution in [3.8, 4) is 0 Å². The number of amides is 1. The van der Waals surface area contributed by atoms with Crippen LogP contribution in [0.3, 0.4) is 0 Å². The van der Waals surface area contributed by atoms with Crippen molar-refractivity contribution in [3.63, 3.8) is 0 Å². The number of carbonyl (C=O) groups is 2. The molecule has 0 unspecified atom stereocenters. The van der Waals surface area contributed by atoms with Gasteiger partial charge in [-0.05, 0) is 48.5 Å². The molecule has 0 saturated heterocycles. The van der Waals surface area contributed by atoms with Gasteiger partial charge in [0.2, 0.25) is 0 Å². The van der Waals surface area contributed by atoms with E-state index in [-0.39, 0.29) is 10.5 Å². The highest BCUT2D eigenvalue weighted by molar-refractivity contribution is 7.99. The molecule has 1 amide bonds. The molecule has 1 N–H and O–H groups in total. The van der Waals surface area contributed by atoms with E-state index in [1.807, 2.05) is 42.5 Å². The van der Waals surface area contributed by atoms with Gasteiger partial charge in [0, 0.05) is 16.0 Å². The molecule has 3 aromatic carbocycles. The summed E-state index contributed by atoms with van der Waals surface area (Å²) in [6, 6.07) is 22.4. The largest absolute Gasteiger partial charge is 0.452 e. The van der Waals surface area contributed by atoms with E-state index in [1.54, 1.807) is 12.1 Å². The van der Waals surface area contributed by atoms with Gasteiger partial charge in [0.05, 0.1) is 16.1 Å². The molecule has 0 heterocycles. The quantitative estimate of drug-likeness (QED) is 0.557. The van der Waals surface area contributed by atoms with Crippen molar-refractivity contribution in [1.29, 1.82) is 0 Å². The fourth-order valence-corrected chi connectivity index (χ4v) is 4.07. The number of carbonyl (C=O) groups excluding carboxylic acids is 2. The lowest BCUT2D eigenvalue weighted by atomic mass is 10.2. The molecule has 0 aliphatic carbocycles. The van der Waals surface area contributed by atoms with Gasteiger partial charge in [-0.1, -0.05) is 42.1 Å². The predicted molar refractivity (Wildman–Crippen MR) is 115 cm³/mol. The monoisotopic (exact) mass is 441 g/mol. The summed E-state index contributed by atoms with van der Waals surface area (Å²) in [4.78, 5) is 26.4. The molecule has 0 fully saturated rings. The molecular formula is C22H19NO5S2. The van der Waals surface area contributed by atoms with Crippen molar-refractivity contribution in [2.24, 2.45) is 0 Å². The number of rotatable bonds is 7. The van der Waals surface area contributed by atoms with Crippen LogP contribution in [0.1, 0.15) is 10.4 Å². The molecule has 3 rings (SSSR count). The first kappa shape index (κ1) is 21.6. The number of anilines is 1. The Hall–Kier alpha value is -3.10. The minimum atomic E-state index is -3.35. The average molecular weight is 442 g/mol. The van der Waals surface area contributed by atoms with Crippen molar-refractivity contribution in [2.75, 3.05) is 18.2 Å². The summed E-state index contributed by atoms with van der Waals surface area (Å²) >= 11 is 1.51. The Morgan fingerprint density at radius 2 is 1.53 bits per heavy atom. The van der Waals surface area contributed by atoms with Gasteiger partial charge in [-0.25, -0.2) is 13.2 Å². The Bertz CT molecular complexity index is 1140. The zero-order chi connectivity index (χ0) is 21.6. The van der Waals surface area contributed by atoms with E-state index >= 15 is 0 Å². The summed E-state index contributed by atoms with van der Waals surface area (Å²) in [5.74, 6) is -1.19. The SMILES string of the molecule is CS(=O)(=O)c1ccc(C(=O)OCC(=O)Nc2ccccc2Sc2ccccc2)cc1. The van der Waals surface area contributed by atoms with Gasteiger partial charge in [-0.2, -0.15) is 0 Å². The highest BCUT2D eigenvalue weighted by atomic mass is 32.2. The fourth-order valence-electron chi connectivity index (χ4n) is 2.51. The molecule has 0 spiro atoms. The van der Waals surface area contributed by atoms with Gasteiger partial charge >= 0.3 is 5.97 Å². The van der Waals surface area contributed by atoms with E-state index in [9.17, 15) is 18.0 Å². The summed E-state index contributed by atoms with van der Waals surface area (Å²) in [7, 11) is -3.35. The van der Waals surface area contributed by atoms with E-state index in [0.29, 0.717) is 5.69 Å². The first-order valence-electron chi connectivity index (χ1n) is 8.92. The molecular weight excluding hydrogens is 422 g/mol.